The molecule has 0 spiro atoms. The molecule has 0 saturated carbocycles. The molecule has 0 radical (unpaired) electrons. The molecular weight excluding hydrogens is 868 g/mol. The molecule has 0 amide bonds. The minimum absolute atomic E-state index is 0. The summed E-state index contributed by atoms with van der Waals surface area (Å²) in [5, 5.41) is 11.1. The van der Waals surface area contributed by atoms with Gasteiger partial charge in [-0.15, -0.1) is 65.8 Å². The number of hydrogen-bond donors (Lipinski definition) is 0. The smallest absolute Gasteiger partial charge is 0.136 e. The van der Waals surface area contributed by atoms with Crippen molar-refractivity contribution in [2.24, 2.45) is 0 Å². The Morgan fingerprint density at radius 1 is 0.566 bits per heavy atom. The van der Waals surface area contributed by atoms with Crippen LogP contribution in [0, 0.1) is 18.8 Å². The monoisotopic (exact) mass is 896 g/mol. The SMILES string of the molecule is [Pt].[c-]1c(C(=C(c2ccsc2)c2ccsc2)c2[c-]c3c(cc2)c2ccccc2n3-c2ccccn2)cccc1N1[CH-]N(c2ccccc2)c2ccccc21. The summed E-state index contributed by atoms with van der Waals surface area (Å²) < 4.78 is 2.23. The summed E-state index contributed by atoms with van der Waals surface area (Å²) in [5.41, 5.74) is 12.9. The molecule has 10 rings (SSSR count). The van der Waals surface area contributed by atoms with Gasteiger partial charge in [0.2, 0.25) is 0 Å². The van der Waals surface area contributed by atoms with E-state index >= 15 is 0 Å². The molecule has 4 aromatic heterocycles. The molecule has 0 N–H and O–H groups in total. The van der Waals surface area contributed by atoms with Gasteiger partial charge in [0, 0.05) is 49.8 Å². The average molecular weight is 897 g/mol. The maximum atomic E-state index is 4.79. The summed E-state index contributed by atoms with van der Waals surface area (Å²) in [7, 11) is 0. The summed E-state index contributed by atoms with van der Waals surface area (Å²) in [6.45, 7) is 2.17. The van der Waals surface area contributed by atoms with Crippen LogP contribution in [0.3, 0.4) is 0 Å². The molecule has 1 aliphatic rings. The Bertz CT molecular complexity index is 2680. The van der Waals surface area contributed by atoms with Crippen molar-refractivity contribution in [3.05, 3.63) is 208 Å². The molecular formula is C46H29N4PtS2-3. The molecule has 258 valence electrons. The van der Waals surface area contributed by atoms with E-state index in [1.165, 1.54) is 16.5 Å². The second-order valence-corrected chi connectivity index (χ2v) is 14.1. The van der Waals surface area contributed by atoms with Crippen LogP contribution >= 0.6 is 22.7 Å². The van der Waals surface area contributed by atoms with Gasteiger partial charge in [-0.25, -0.2) is 4.98 Å². The first-order valence-electron chi connectivity index (χ1n) is 17.1. The molecule has 1 aliphatic heterocycles. The fourth-order valence-electron chi connectivity index (χ4n) is 7.29. The normalized spacial score (nSPS) is 12.2. The molecule has 0 atom stereocenters. The Hall–Kier alpha value is -5.52. The number of hydrogen-bond acceptors (Lipinski definition) is 5. The van der Waals surface area contributed by atoms with Crippen LogP contribution in [0.5, 0.6) is 0 Å². The quantitative estimate of drug-likeness (QED) is 0.149. The van der Waals surface area contributed by atoms with Gasteiger partial charge in [-0.05, 0) is 104 Å². The first-order valence-corrected chi connectivity index (χ1v) is 19.0. The molecule has 53 heavy (non-hydrogen) atoms. The number of fused-ring (bicyclic) bond motifs is 4. The summed E-state index contributed by atoms with van der Waals surface area (Å²) >= 11 is 3.42. The van der Waals surface area contributed by atoms with Gasteiger partial charge in [-0.2, -0.15) is 22.7 Å². The Labute approximate surface area is 330 Å². The van der Waals surface area contributed by atoms with Gasteiger partial charge in [-0.1, -0.05) is 65.7 Å². The minimum atomic E-state index is 0. The molecule has 0 bridgehead atoms. The minimum Gasteiger partial charge on any atom is -0.488 e. The molecule has 0 saturated heterocycles. The van der Waals surface area contributed by atoms with Gasteiger partial charge in [0.1, 0.15) is 5.82 Å². The number of aromatic nitrogens is 2. The third kappa shape index (κ3) is 5.84. The number of rotatable bonds is 7. The third-order valence-corrected chi connectivity index (χ3v) is 10.9. The number of anilines is 4. The van der Waals surface area contributed by atoms with E-state index in [0.717, 1.165) is 67.3 Å². The fraction of sp³-hybridized carbons (Fsp3) is 0. The van der Waals surface area contributed by atoms with Crippen LogP contribution < -0.4 is 9.80 Å². The van der Waals surface area contributed by atoms with Crippen molar-refractivity contribution < 1.29 is 21.1 Å². The van der Waals surface area contributed by atoms with E-state index in [4.69, 9.17) is 4.98 Å². The molecule has 0 aliphatic carbocycles. The van der Waals surface area contributed by atoms with Crippen LogP contribution in [-0.4, -0.2) is 9.55 Å². The third-order valence-electron chi connectivity index (χ3n) is 9.58. The van der Waals surface area contributed by atoms with Gasteiger partial charge in [0.25, 0.3) is 0 Å². The average Bonchev–Trinajstić information content (AvgIpc) is 4.04. The van der Waals surface area contributed by atoms with Crippen LogP contribution in [-0.2, 0) is 21.1 Å². The van der Waals surface area contributed by atoms with Crippen LogP contribution in [0.1, 0.15) is 22.3 Å². The van der Waals surface area contributed by atoms with Crippen molar-refractivity contribution in [3.8, 4) is 5.82 Å². The predicted molar refractivity (Wildman–Crippen MR) is 218 cm³/mol. The Balaban J connectivity index is 0.00000372. The van der Waals surface area contributed by atoms with E-state index in [9.17, 15) is 0 Å². The molecule has 4 nitrogen and oxygen atoms in total. The second kappa shape index (κ2) is 14.1. The summed E-state index contributed by atoms with van der Waals surface area (Å²) in [5.74, 6) is 0.864. The first kappa shape index (κ1) is 33.3. The standard InChI is InChI=1S/C46H29N4S2.Pt/c1-2-12-36(13-3-1)48-31-49(42-18-7-6-17-41(42)48)37-14-10-11-32(27-37)45(46(34-22-25-51-29-34)35-23-26-52-30-35)33-20-21-39-38-15-4-5-16-40(38)50(43(39)28-33)44-19-8-9-24-47-44;/h1-26,29-31H;/q-3;. The number of nitrogens with zero attached hydrogens (tertiary/aromatic N) is 4. The Morgan fingerprint density at radius 2 is 1.26 bits per heavy atom. The van der Waals surface area contributed by atoms with Crippen molar-refractivity contribution in [2.45, 2.75) is 0 Å². The topological polar surface area (TPSA) is 24.3 Å². The zero-order valence-electron chi connectivity index (χ0n) is 28.2. The number of benzene rings is 5. The molecule has 0 unspecified atom stereocenters. The molecule has 9 aromatic rings. The van der Waals surface area contributed by atoms with E-state index in [1.807, 2.05) is 18.3 Å². The molecule has 0 fully saturated rings. The van der Waals surface area contributed by atoms with Gasteiger partial charge < -0.3 is 14.4 Å². The van der Waals surface area contributed by atoms with Gasteiger partial charge in [0.15, 0.2) is 0 Å². The maximum Gasteiger partial charge on any atom is 0.136 e. The number of para-hydroxylation sites is 4. The summed E-state index contributed by atoms with van der Waals surface area (Å²) in [4.78, 5) is 9.27. The largest absolute Gasteiger partial charge is 0.488 e. The van der Waals surface area contributed by atoms with Gasteiger partial charge >= 0.3 is 0 Å². The second-order valence-electron chi connectivity index (χ2n) is 12.6. The predicted octanol–water partition coefficient (Wildman–Crippen LogP) is 12.3. The molecule has 5 aromatic carbocycles. The number of thiophene rings is 2. The van der Waals surface area contributed by atoms with Crippen molar-refractivity contribution >= 4 is 78.4 Å². The van der Waals surface area contributed by atoms with Crippen LogP contribution in [0.2, 0.25) is 0 Å². The van der Waals surface area contributed by atoms with E-state index in [2.05, 4.69) is 182 Å². The molecule has 5 heterocycles. The fourth-order valence-corrected chi connectivity index (χ4v) is 8.58. The van der Waals surface area contributed by atoms with Crippen LogP contribution in [0.4, 0.5) is 22.7 Å². The van der Waals surface area contributed by atoms with Crippen molar-refractivity contribution in [3.63, 3.8) is 0 Å². The van der Waals surface area contributed by atoms with E-state index in [1.54, 1.807) is 22.7 Å². The summed E-state index contributed by atoms with van der Waals surface area (Å²) in [6, 6.07) is 56.8. The van der Waals surface area contributed by atoms with Crippen LogP contribution in [0.15, 0.2) is 167 Å². The van der Waals surface area contributed by atoms with Crippen molar-refractivity contribution in [1.82, 2.24) is 9.55 Å². The zero-order chi connectivity index (χ0) is 34.4. The van der Waals surface area contributed by atoms with Crippen molar-refractivity contribution in [1.29, 1.82) is 0 Å². The maximum absolute atomic E-state index is 4.79. The van der Waals surface area contributed by atoms with E-state index < -0.39 is 0 Å². The van der Waals surface area contributed by atoms with Crippen LogP contribution in [0.25, 0.3) is 38.8 Å². The molecule has 7 heteroatoms. The van der Waals surface area contributed by atoms with Crippen molar-refractivity contribution in [2.75, 3.05) is 9.80 Å². The van der Waals surface area contributed by atoms with Gasteiger partial charge in [0.05, 0.1) is 0 Å². The van der Waals surface area contributed by atoms with E-state index in [0.29, 0.717) is 0 Å². The van der Waals surface area contributed by atoms with E-state index in [-0.39, 0.29) is 21.1 Å². The van der Waals surface area contributed by atoms with Gasteiger partial charge in [-0.3, -0.25) is 0 Å². The zero-order valence-corrected chi connectivity index (χ0v) is 32.1. The summed E-state index contributed by atoms with van der Waals surface area (Å²) in [6.07, 6.45) is 1.85. The number of pyridine rings is 1. The Kier molecular flexibility index (Phi) is 8.88. The first-order chi connectivity index (χ1) is 25.8. The Morgan fingerprint density at radius 3 is 2.00 bits per heavy atom.